The third kappa shape index (κ3) is 3.81. The number of aryl methyl sites for hydroxylation is 1. The third-order valence-electron chi connectivity index (χ3n) is 3.29. The van der Waals surface area contributed by atoms with E-state index in [2.05, 4.69) is 0 Å². The number of carbonyl (C=O) groups excluding carboxylic acids is 1. The number of halogens is 2. The number of nitrogens with one attached hydrogen (secondary N) is 1. The molecule has 0 saturated carbocycles. The van der Waals surface area contributed by atoms with Gasteiger partial charge in [0.15, 0.2) is 0 Å². The van der Waals surface area contributed by atoms with Crippen molar-refractivity contribution in [3.63, 3.8) is 0 Å². The van der Waals surface area contributed by atoms with Crippen molar-refractivity contribution in [2.45, 2.75) is 11.8 Å². The zero-order valence-electron chi connectivity index (χ0n) is 12.7. The van der Waals surface area contributed by atoms with Gasteiger partial charge in [-0.2, -0.15) is 0 Å². The van der Waals surface area contributed by atoms with Gasteiger partial charge < -0.3 is 0 Å². The number of nitrogens with zero attached hydrogens (tertiary/aromatic N) is 1. The second-order valence-electron chi connectivity index (χ2n) is 4.94. The van der Waals surface area contributed by atoms with Crippen LogP contribution in [0.4, 0.5) is 5.69 Å². The average Bonchev–Trinajstić information content (AvgIpc) is 2.55. The minimum atomic E-state index is -4.13. The number of nitrogens with two attached hydrogens (primary N) is 1. The number of para-hydroxylation sites is 1. The fourth-order valence-corrected chi connectivity index (χ4v) is 4.34. The van der Waals surface area contributed by atoms with Gasteiger partial charge in [-0.3, -0.25) is 14.5 Å². The molecule has 0 unspecified atom stereocenters. The topological polar surface area (TPSA) is 92.5 Å². The lowest BCUT2D eigenvalue weighted by atomic mass is 10.2. The molecule has 24 heavy (non-hydrogen) atoms. The lowest BCUT2D eigenvalue weighted by molar-refractivity contribution is -0.119. The molecule has 2 aromatic carbocycles. The van der Waals surface area contributed by atoms with E-state index < -0.39 is 22.5 Å². The van der Waals surface area contributed by atoms with E-state index in [9.17, 15) is 13.2 Å². The van der Waals surface area contributed by atoms with Gasteiger partial charge in [0.05, 0.1) is 10.7 Å². The number of amides is 1. The fourth-order valence-electron chi connectivity index (χ4n) is 2.11. The van der Waals surface area contributed by atoms with Crippen LogP contribution in [0.15, 0.2) is 47.4 Å². The Morgan fingerprint density at radius 2 is 1.88 bits per heavy atom. The van der Waals surface area contributed by atoms with Crippen LogP contribution in [-0.2, 0) is 14.8 Å². The van der Waals surface area contributed by atoms with Crippen molar-refractivity contribution in [1.82, 2.24) is 5.43 Å². The van der Waals surface area contributed by atoms with Gasteiger partial charge >= 0.3 is 0 Å². The first-order valence-corrected chi connectivity index (χ1v) is 9.00. The first kappa shape index (κ1) is 18.5. The molecule has 0 aliphatic rings. The normalized spacial score (nSPS) is 11.2. The van der Waals surface area contributed by atoms with Crippen LogP contribution in [0, 0.1) is 6.92 Å². The van der Waals surface area contributed by atoms with Crippen molar-refractivity contribution in [2.24, 2.45) is 5.84 Å². The molecule has 0 aliphatic carbocycles. The summed E-state index contributed by atoms with van der Waals surface area (Å²) in [6.07, 6.45) is 0. The van der Waals surface area contributed by atoms with E-state index in [-0.39, 0.29) is 14.9 Å². The van der Waals surface area contributed by atoms with Crippen LogP contribution in [0.1, 0.15) is 5.56 Å². The SMILES string of the molecule is Cc1ccccc1N(CC(=O)NN)S(=O)(=O)c1cc(Cl)ccc1Cl. The lowest BCUT2D eigenvalue weighted by Gasteiger charge is -2.25. The van der Waals surface area contributed by atoms with Gasteiger partial charge in [0.1, 0.15) is 11.4 Å². The van der Waals surface area contributed by atoms with Crippen LogP contribution in [0.3, 0.4) is 0 Å². The molecule has 0 aliphatic heterocycles. The largest absolute Gasteiger partial charge is 0.293 e. The predicted molar refractivity (Wildman–Crippen MR) is 94.5 cm³/mol. The summed E-state index contributed by atoms with van der Waals surface area (Å²) in [4.78, 5) is 11.5. The number of hydrogen-bond donors (Lipinski definition) is 2. The first-order chi connectivity index (χ1) is 11.3. The number of carbonyl (C=O) groups is 1. The maximum atomic E-state index is 13.1. The van der Waals surface area contributed by atoms with Crippen LogP contribution in [0.2, 0.25) is 10.0 Å². The quantitative estimate of drug-likeness (QED) is 0.468. The van der Waals surface area contributed by atoms with Gasteiger partial charge in [0.2, 0.25) is 0 Å². The Morgan fingerprint density at radius 3 is 2.50 bits per heavy atom. The second-order valence-corrected chi connectivity index (χ2v) is 7.61. The fraction of sp³-hybridized carbons (Fsp3) is 0.133. The number of hydrazine groups is 1. The standard InChI is InChI=1S/C15H15Cl2N3O3S/c1-10-4-2-3-5-13(10)20(9-15(21)19-18)24(22,23)14-8-11(16)6-7-12(14)17/h2-8H,9,18H2,1H3,(H,19,21). The van der Waals surface area contributed by atoms with E-state index in [4.69, 9.17) is 29.0 Å². The summed E-state index contributed by atoms with van der Waals surface area (Å²) in [5.41, 5.74) is 2.95. The van der Waals surface area contributed by atoms with Gasteiger partial charge in [-0.15, -0.1) is 0 Å². The van der Waals surface area contributed by atoms with Crippen LogP contribution >= 0.6 is 23.2 Å². The Balaban J connectivity index is 2.64. The molecule has 2 aromatic rings. The molecule has 0 fully saturated rings. The summed E-state index contributed by atoms with van der Waals surface area (Å²) in [6.45, 7) is 1.24. The molecule has 1 amide bonds. The van der Waals surface area contributed by atoms with Crippen molar-refractivity contribution < 1.29 is 13.2 Å². The van der Waals surface area contributed by atoms with E-state index in [0.29, 0.717) is 11.3 Å². The van der Waals surface area contributed by atoms with Crippen LogP contribution in [0.25, 0.3) is 0 Å². The maximum Gasteiger partial charge on any atom is 0.266 e. The molecule has 0 heterocycles. The van der Waals surface area contributed by atoms with E-state index in [1.54, 1.807) is 31.2 Å². The predicted octanol–water partition coefficient (Wildman–Crippen LogP) is 2.49. The highest BCUT2D eigenvalue weighted by atomic mass is 35.5. The molecule has 2 rings (SSSR count). The summed E-state index contributed by atoms with van der Waals surface area (Å²) in [6, 6.07) is 10.9. The Kier molecular flexibility index (Phi) is 5.71. The van der Waals surface area contributed by atoms with Gasteiger partial charge in [0.25, 0.3) is 15.9 Å². The second kappa shape index (κ2) is 7.40. The van der Waals surface area contributed by atoms with Gasteiger partial charge in [-0.05, 0) is 36.8 Å². The highest BCUT2D eigenvalue weighted by Gasteiger charge is 2.30. The minimum absolute atomic E-state index is 0.00569. The number of benzene rings is 2. The summed E-state index contributed by atoms with van der Waals surface area (Å²) in [5, 5.41) is 0.220. The van der Waals surface area contributed by atoms with Crippen LogP contribution in [-0.4, -0.2) is 20.9 Å². The van der Waals surface area contributed by atoms with Crippen molar-refractivity contribution >= 4 is 44.8 Å². The Bertz CT molecular complexity index is 872. The molecular formula is C15H15Cl2N3O3S. The van der Waals surface area contributed by atoms with Crippen LogP contribution in [0.5, 0.6) is 0 Å². The third-order valence-corrected chi connectivity index (χ3v) is 5.77. The van der Waals surface area contributed by atoms with Crippen LogP contribution < -0.4 is 15.6 Å². The van der Waals surface area contributed by atoms with Crippen molar-refractivity contribution in [1.29, 1.82) is 0 Å². The molecule has 0 atom stereocenters. The Morgan fingerprint density at radius 1 is 1.21 bits per heavy atom. The number of anilines is 1. The van der Waals surface area contributed by atoms with Crippen molar-refractivity contribution in [2.75, 3.05) is 10.8 Å². The first-order valence-electron chi connectivity index (χ1n) is 6.80. The van der Waals surface area contributed by atoms with Gasteiger partial charge in [-0.25, -0.2) is 14.3 Å². The number of hydrogen-bond acceptors (Lipinski definition) is 4. The molecule has 0 radical (unpaired) electrons. The van der Waals surface area contributed by atoms with E-state index in [0.717, 1.165) is 4.31 Å². The average molecular weight is 388 g/mol. The zero-order valence-corrected chi connectivity index (χ0v) is 15.0. The van der Waals surface area contributed by atoms with E-state index in [1.807, 2.05) is 5.43 Å². The summed E-state index contributed by atoms with van der Waals surface area (Å²) in [5.74, 6) is 4.44. The maximum absolute atomic E-state index is 13.1. The summed E-state index contributed by atoms with van der Waals surface area (Å²) < 4.78 is 27.1. The highest BCUT2D eigenvalue weighted by molar-refractivity contribution is 7.93. The molecule has 3 N–H and O–H groups in total. The smallest absolute Gasteiger partial charge is 0.266 e. The number of rotatable bonds is 5. The molecule has 0 bridgehead atoms. The van der Waals surface area contributed by atoms with Crippen molar-refractivity contribution in [3.8, 4) is 0 Å². The molecule has 9 heteroatoms. The monoisotopic (exact) mass is 387 g/mol. The lowest BCUT2D eigenvalue weighted by Crippen LogP contribution is -2.43. The van der Waals surface area contributed by atoms with E-state index in [1.165, 1.54) is 18.2 Å². The Labute approximate surface area is 150 Å². The molecular weight excluding hydrogens is 373 g/mol. The molecule has 0 aromatic heterocycles. The number of sulfonamides is 1. The van der Waals surface area contributed by atoms with Crippen molar-refractivity contribution in [3.05, 3.63) is 58.1 Å². The highest BCUT2D eigenvalue weighted by Crippen LogP contribution is 2.31. The molecule has 0 saturated heterocycles. The summed E-state index contributed by atoms with van der Waals surface area (Å²) >= 11 is 11.9. The molecule has 0 spiro atoms. The molecule has 128 valence electrons. The van der Waals surface area contributed by atoms with Gasteiger partial charge in [-0.1, -0.05) is 41.4 Å². The minimum Gasteiger partial charge on any atom is -0.293 e. The Hall–Kier alpha value is -1.80. The summed E-state index contributed by atoms with van der Waals surface area (Å²) in [7, 11) is -4.13. The molecule has 6 nitrogen and oxygen atoms in total. The van der Waals surface area contributed by atoms with Gasteiger partial charge in [0, 0.05) is 5.02 Å². The zero-order chi connectivity index (χ0) is 17.9. The van der Waals surface area contributed by atoms with E-state index >= 15 is 0 Å².